The SMILES string of the molecule is c1ccc(-c2nc(-n3c4ccccc4c4c3c3ccc5c(c6ccccc6n5-c5ccccc5)c3c3nc5ccccc5n34)nc3ccccc23)cc1. The molecule has 0 atom stereocenters. The van der Waals surface area contributed by atoms with E-state index >= 15 is 0 Å². The highest BCUT2D eigenvalue weighted by Gasteiger charge is 2.26. The average Bonchev–Trinajstić information content (AvgIpc) is 3.89. The number of pyridine rings is 1. The molecule has 0 aliphatic heterocycles. The predicted octanol–water partition coefficient (Wildman–Crippen LogP) is 11.4. The molecule has 0 fully saturated rings. The smallest absolute Gasteiger partial charge is 0.235 e. The number of rotatable bonds is 3. The Morgan fingerprint density at radius 2 is 0.981 bits per heavy atom. The molecule has 0 radical (unpaired) electrons. The lowest BCUT2D eigenvalue weighted by molar-refractivity contribution is 1.02. The van der Waals surface area contributed by atoms with Crippen LogP contribution in [0, 0.1) is 0 Å². The topological polar surface area (TPSA) is 52.9 Å². The summed E-state index contributed by atoms with van der Waals surface area (Å²) < 4.78 is 7.03. The Morgan fingerprint density at radius 1 is 0.358 bits per heavy atom. The Morgan fingerprint density at radius 3 is 1.77 bits per heavy atom. The molecular formula is C47H28N6. The molecule has 0 amide bonds. The van der Waals surface area contributed by atoms with E-state index in [1.54, 1.807) is 0 Å². The van der Waals surface area contributed by atoms with Crippen LogP contribution in [-0.4, -0.2) is 28.5 Å². The maximum Gasteiger partial charge on any atom is 0.235 e. The van der Waals surface area contributed by atoms with E-state index in [9.17, 15) is 0 Å². The van der Waals surface area contributed by atoms with Crippen molar-refractivity contribution in [3.8, 4) is 22.9 Å². The van der Waals surface area contributed by atoms with Crippen molar-refractivity contribution in [2.75, 3.05) is 0 Å². The molecule has 0 saturated heterocycles. The molecule has 12 rings (SSSR count). The van der Waals surface area contributed by atoms with Crippen molar-refractivity contribution in [2.45, 2.75) is 0 Å². The quantitative estimate of drug-likeness (QED) is 0.187. The number of hydrogen-bond acceptors (Lipinski definition) is 3. The molecule has 0 unspecified atom stereocenters. The number of nitrogens with zero attached hydrogens (tertiary/aromatic N) is 6. The molecule has 7 aromatic carbocycles. The third-order valence-corrected chi connectivity index (χ3v) is 10.8. The number of hydrogen-bond donors (Lipinski definition) is 0. The van der Waals surface area contributed by atoms with Crippen LogP contribution in [0.4, 0.5) is 0 Å². The number of imidazole rings is 1. The molecule has 6 heteroatoms. The van der Waals surface area contributed by atoms with Gasteiger partial charge in [0.25, 0.3) is 0 Å². The highest BCUT2D eigenvalue weighted by atomic mass is 15.2. The van der Waals surface area contributed by atoms with Crippen molar-refractivity contribution in [3.05, 3.63) is 170 Å². The van der Waals surface area contributed by atoms with Gasteiger partial charge in [0.1, 0.15) is 5.65 Å². The molecule has 12 aromatic rings. The summed E-state index contributed by atoms with van der Waals surface area (Å²) in [5.41, 5.74) is 12.4. The minimum absolute atomic E-state index is 0.630. The lowest BCUT2D eigenvalue weighted by Crippen LogP contribution is -2.04. The Labute approximate surface area is 302 Å². The van der Waals surface area contributed by atoms with Crippen molar-refractivity contribution >= 4 is 82.1 Å². The van der Waals surface area contributed by atoms with Gasteiger partial charge in [-0.25, -0.2) is 15.0 Å². The maximum atomic E-state index is 5.43. The Bertz CT molecular complexity index is 3450. The van der Waals surface area contributed by atoms with E-state index < -0.39 is 0 Å². The molecule has 0 N–H and O–H groups in total. The lowest BCUT2D eigenvalue weighted by atomic mass is 10.0. The minimum Gasteiger partial charge on any atom is -0.309 e. The zero-order chi connectivity index (χ0) is 34.6. The zero-order valence-corrected chi connectivity index (χ0v) is 28.3. The first-order valence-corrected chi connectivity index (χ1v) is 17.9. The van der Waals surface area contributed by atoms with Crippen LogP contribution >= 0.6 is 0 Å². The second-order valence-electron chi connectivity index (χ2n) is 13.6. The summed E-state index contributed by atoms with van der Waals surface area (Å²) in [5.74, 6) is 0.630. The summed E-state index contributed by atoms with van der Waals surface area (Å²) in [6.07, 6.45) is 0. The zero-order valence-electron chi connectivity index (χ0n) is 28.3. The predicted molar refractivity (Wildman–Crippen MR) is 217 cm³/mol. The highest BCUT2D eigenvalue weighted by molar-refractivity contribution is 6.31. The fourth-order valence-electron chi connectivity index (χ4n) is 8.65. The Balaban J connectivity index is 1.35. The van der Waals surface area contributed by atoms with E-state index in [2.05, 4.69) is 177 Å². The molecule has 0 spiro atoms. The standard InChI is InChI=1S/C47H28N6/c1-3-15-29(16-4-1)43-31-19-7-10-22-35(31)49-47(50-43)53-38-25-13-9-21-33(38)44-45(53)34-27-28-40-41(42(34)46-48-36-23-11-14-26-39(36)52(44)46)32-20-8-12-24-37(32)51(40)30-17-5-2-6-18-30/h1-28H. The van der Waals surface area contributed by atoms with Gasteiger partial charge >= 0.3 is 0 Å². The van der Waals surface area contributed by atoms with Crippen LogP contribution in [0.1, 0.15) is 0 Å². The molecule has 0 aliphatic rings. The van der Waals surface area contributed by atoms with Gasteiger partial charge in [-0.05, 0) is 54.6 Å². The van der Waals surface area contributed by atoms with Gasteiger partial charge in [-0.2, -0.15) is 0 Å². The molecule has 5 aromatic heterocycles. The normalized spacial score (nSPS) is 12.2. The van der Waals surface area contributed by atoms with Crippen LogP contribution in [0.3, 0.4) is 0 Å². The van der Waals surface area contributed by atoms with Crippen LogP contribution < -0.4 is 0 Å². The highest BCUT2D eigenvalue weighted by Crippen LogP contribution is 2.45. The summed E-state index contributed by atoms with van der Waals surface area (Å²) in [5, 5.41) is 6.69. The van der Waals surface area contributed by atoms with Crippen LogP contribution in [0.15, 0.2) is 170 Å². The van der Waals surface area contributed by atoms with E-state index in [0.717, 1.165) is 88.3 Å². The average molecular weight is 677 g/mol. The van der Waals surface area contributed by atoms with E-state index in [1.165, 1.54) is 10.8 Å². The third-order valence-electron chi connectivity index (χ3n) is 10.8. The molecule has 0 aliphatic carbocycles. The maximum absolute atomic E-state index is 5.43. The molecule has 0 bridgehead atoms. The molecule has 5 heterocycles. The Kier molecular flexibility index (Phi) is 5.68. The van der Waals surface area contributed by atoms with Crippen LogP contribution in [0.25, 0.3) is 105 Å². The summed E-state index contributed by atoms with van der Waals surface area (Å²) >= 11 is 0. The van der Waals surface area contributed by atoms with Crippen LogP contribution in [0.5, 0.6) is 0 Å². The van der Waals surface area contributed by atoms with Gasteiger partial charge in [-0.15, -0.1) is 0 Å². The first kappa shape index (κ1) is 28.4. The summed E-state index contributed by atoms with van der Waals surface area (Å²) in [4.78, 5) is 16.2. The first-order valence-electron chi connectivity index (χ1n) is 17.9. The van der Waals surface area contributed by atoms with E-state index in [4.69, 9.17) is 15.0 Å². The molecular weight excluding hydrogens is 649 g/mol. The third kappa shape index (κ3) is 3.84. The second kappa shape index (κ2) is 10.6. The second-order valence-corrected chi connectivity index (χ2v) is 13.6. The van der Waals surface area contributed by atoms with Gasteiger partial charge in [0.2, 0.25) is 5.95 Å². The van der Waals surface area contributed by atoms with Crippen molar-refractivity contribution in [3.63, 3.8) is 0 Å². The van der Waals surface area contributed by atoms with Gasteiger partial charge in [-0.3, -0.25) is 8.97 Å². The van der Waals surface area contributed by atoms with Crippen molar-refractivity contribution in [1.82, 2.24) is 28.5 Å². The van der Waals surface area contributed by atoms with Gasteiger partial charge in [0, 0.05) is 43.6 Å². The molecule has 6 nitrogen and oxygen atoms in total. The van der Waals surface area contributed by atoms with Crippen LogP contribution in [-0.2, 0) is 0 Å². The summed E-state index contributed by atoms with van der Waals surface area (Å²) in [7, 11) is 0. The van der Waals surface area contributed by atoms with Gasteiger partial charge in [0.15, 0.2) is 0 Å². The molecule has 53 heavy (non-hydrogen) atoms. The van der Waals surface area contributed by atoms with E-state index in [1.807, 2.05) is 6.07 Å². The fourth-order valence-corrected chi connectivity index (χ4v) is 8.65. The Hall–Kier alpha value is -7.31. The summed E-state index contributed by atoms with van der Waals surface area (Å²) in [6, 6.07) is 59.8. The van der Waals surface area contributed by atoms with Crippen molar-refractivity contribution in [2.24, 2.45) is 0 Å². The monoisotopic (exact) mass is 676 g/mol. The minimum atomic E-state index is 0.630. The fraction of sp³-hybridized carbons (Fsp3) is 0. The number of para-hydroxylation sites is 6. The van der Waals surface area contributed by atoms with E-state index in [-0.39, 0.29) is 0 Å². The largest absolute Gasteiger partial charge is 0.309 e. The number of fused-ring (bicyclic) bond motifs is 15. The molecule has 0 saturated carbocycles. The van der Waals surface area contributed by atoms with Crippen molar-refractivity contribution in [1.29, 1.82) is 0 Å². The molecule has 246 valence electrons. The van der Waals surface area contributed by atoms with Gasteiger partial charge in [-0.1, -0.05) is 115 Å². The lowest BCUT2D eigenvalue weighted by Gasteiger charge is -2.14. The van der Waals surface area contributed by atoms with Gasteiger partial charge < -0.3 is 4.57 Å². The number of benzene rings is 7. The van der Waals surface area contributed by atoms with Crippen LogP contribution in [0.2, 0.25) is 0 Å². The summed E-state index contributed by atoms with van der Waals surface area (Å²) in [6.45, 7) is 0. The first-order chi connectivity index (χ1) is 26.3. The van der Waals surface area contributed by atoms with Gasteiger partial charge in [0.05, 0.1) is 49.8 Å². The van der Waals surface area contributed by atoms with Crippen molar-refractivity contribution < 1.29 is 0 Å². The van der Waals surface area contributed by atoms with E-state index in [0.29, 0.717) is 5.95 Å². The number of aromatic nitrogens is 6.